The van der Waals surface area contributed by atoms with Gasteiger partial charge in [-0.1, -0.05) is 11.6 Å². The fourth-order valence-electron chi connectivity index (χ4n) is 1.39. The Balaban J connectivity index is 2.52. The molecule has 0 bridgehead atoms. The normalized spacial score (nSPS) is 11.3. The van der Waals surface area contributed by atoms with E-state index in [-0.39, 0.29) is 17.4 Å². The average Bonchev–Trinajstić information content (AvgIpc) is 2.19. The predicted octanol–water partition coefficient (Wildman–Crippen LogP) is 4.39. The van der Waals surface area contributed by atoms with Gasteiger partial charge in [-0.15, -0.1) is 0 Å². The SMILES string of the molecule is CC(C)(C)OC(=O)CCNc1c(Cl)cc(F)cc1Br. The highest BCUT2D eigenvalue weighted by Gasteiger charge is 2.16. The van der Waals surface area contributed by atoms with Crippen LogP contribution >= 0.6 is 27.5 Å². The molecule has 3 nitrogen and oxygen atoms in total. The van der Waals surface area contributed by atoms with Crippen LogP contribution in [0.25, 0.3) is 0 Å². The van der Waals surface area contributed by atoms with Crippen molar-refractivity contribution >= 4 is 39.2 Å². The lowest BCUT2D eigenvalue weighted by atomic mass is 10.2. The number of carbonyl (C=O) groups excluding carboxylic acids is 1. The van der Waals surface area contributed by atoms with Gasteiger partial charge >= 0.3 is 5.97 Å². The fraction of sp³-hybridized carbons (Fsp3) is 0.462. The molecule has 0 fully saturated rings. The maximum absolute atomic E-state index is 13.0. The van der Waals surface area contributed by atoms with E-state index in [0.29, 0.717) is 16.7 Å². The molecule has 0 saturated carbocycles. The zero-order chi connectivity index (χ0) is 14.6. The molecule has 0 saturated heterocycles. The van der Waals surface area contributed by atoms with E-state index in [1.807, 2.05) is 20.8 Å². The lowest BCUT2D eigenvalue weighted by Crippen LogP contribution is -2.25. The third kappa shape index (κ3) is 5.78. The largest absolute Gasteiger partial charge is 0.460 e. The van der Waals surface area contributed by atoms with Gasteiger partial charge < -0.3 is 10.1 Å². The number of benzene rings is 1. The van der Waals surface area contributed by atoms with E-state index in [9.17, 15) is 9.18 Å². The van der Waals surface area contributed by atoms with Gasteiger partial charge in [0.15, 0.2) is 0 Å². The summed E-state index contributed by atoms with van der Waals surface area (Å²) in [6, 6.07) is 2.52. The second-order valence-corrected chi connectivity index (χ2v) is 6.27. The van der Waals surface area contributed by atoms with E-state index in [2.05, 4.69) is 21.2 Å². The van der Waals surface area contributed by atoms with Crippen molar-refractivity contribution in [2.75, 3.05) is 11.9 Å². The van der Waals surface area contributed by atoms with Crippen LogP contribution in [0, 0.1) is 5.82 Å². The topological polar surface area (TPSA) is 38.3 Å². The third-order valence-electron chi connectivity index (χ3n) is 2.06. The number of anilines is 1. The van der Waals surface area contributed by atoms with Crippen molar-refractivity contribution in [2.24, 2.45) is 0 Å². The first kappa shape index (κ1) is 16.2. The zero-order valence-corrected chi connectivity index (χ0v) is 13.4. The second kappa shape index (κ2) is 6.57. The first-order chi connectivity index (χ1) is 8.69. The molecule has 0 aliphatic carbocycles. The van der Waals surface area contributed by atoms with Crippen molar-refractivity contribution in [1.29, 1.82) is 0 Å². The summed E-state index contributed by atoms with van der Waals surface area (Å²) in [4.78, 5) is 11.5. The van der Waals surface area contributed by atoms with Crippen molar-refractivity contribution in [3.05, 3.63) is 27.4 Å². The average molecular weight is 353 g/mol. The minimum atomic E-state index is -0.495. The quantitative estimate of drug-likeness (QED) is 0.817. The van der Waals surface area contributed by atoms with Crippen molar-refractivity contribution in [1.82, 2.24) is 0 Å². The van der Waals surface area contributed by atoms with Crippen LogP contribution in [-0.4, -0.2) is 18.1 Å². The highest BCUT2D eigenvalue weighted by atomic mass is 79.9. The molecular weight excluding hydrogens is 337 g/mol. The van der Waals surface area contributed by atoms with Crippen LogP contribution < -0.4 is 5.32 Å². The van der Waals surface area contributed by atoms with Gasteiger partial charge in [0.25, 0.3) is 0 Å². The molecule has 1 aromatic rings. The Morgan fingerprint density at radius 1 is 1.47 bits per heavy atom. The Morgan fingerprint density at radius 2 is 2.11 bits per heavy atom. The summed E-state index contributed by atoms with van der Waals surface area (Å²) in [5.41, 5.74) is 0.0668. The van der Waals surface area contributed by atoms with Crippen LogP contribution in [0.1, 0.15) is 27.2 Å². The van der Waals surface area contributed by atoms with Crippen molar-refractivity contribution in [2.45, 2.75) is 32.8 Å². The zero-order valence-electron chi connectivity index (χ0n) is 11.0. The second-order valence-electron chi connectivity index (χ2n) is 5.01. The van der Waals surface area contributed by atoms with E-state index < -0.39 is 11.4 Å². The van der Waals surface area contributed by atoms with Crippen LogP contribution in [0.15, 0.2) is 16.6 Å². The van der Waals surface area contributed by atoms with Crippen LogP contribution in [0.4, 0.5) is 10.1 Å². The number of halogens is 3. The van der Waals surface area contributed by atoms with Crippen LogP contribution in [0.2, 0.25) is 5.02 Å². The molecule has 1 aromatic carbocycles. The Labute approximate surface area is 125 Å². The maximum atomic E-state index is 13.0. The number of ether oxygens (including phenoxy) is 1. The summed E-state index contributed by atoms with van der Waals surface area (Å²) in [5.74, 6) is -0.719. The summed E-state index contributed by atoms with van der Waals surface area (Å²) in [7, 11) is 0. The fourth-order valence-corrected chi connectivity index (χ4v) is 2.35. The van der Waals surface area contributed by atoms with Crippen molar-refractivity contribution in [3.8, 4) is 0 Å². The molecule has 0 spiro atoms. The highest BCUT2D eigenvalue weighted by molar-refractivity contribution is 9.10. The van der Waals surface area contributed by atoms with Crippen LogP contribution in [-0.2, 0) is 9.53 Å². The Hall–Kier alpha value is -0.810. The molecule has 1 N–H and O–H groups in total. The molecule has 19 heavy (non-hydrogen) atoms. The summed E-state index contributed by atoms with van der Waals surface area (Å²) >= 11 is 9.12. The molecule has 0 radical (unpaired) electrons. The van der Waals surface area contributed by atoms with E-state index in [4.69, 9.17) is 16.3 Å². The molecule has 0 unspecified atom stereocenters. The van der Waals surface area contributed by atoms with E-state index >= 15 is 0 Å². The summed E-state index contributed by atoms with van der Waals surface area (Å²) in [5, 5.41) is 3.24. The Bertz CT molecular complexity index is 451. The van der Waals surface area contributed by atoms with Gasteiger partial charge in [0.1, 0.15) is 11.4 Å². The number of carbonyl (C=O) groups is 1. The molecule has 0 amide bonds. The maximum Gasteiger partial charge on any atom is 0.308 e. The number of nitrogens with one attached hydrogen (secondary N) is 1. The van der Waals surface area contributed by atoms with E-state index in [1.165, 1.54) is 12.1 Å². The minimum absolute atomic E-state index is 0.206. The van der Waals surface area contributed by atoms with Gasteiger partial charge in [0.2, 0.25) is 0 Å². The summed E-state index contributed by atoms with van der Waals surface area (Å²) in [6.07, 6.45) is 0.206. The van der Waals surface area contributed by atoms with Gasteiger partial charge in [0, 0.05) is 11.0 Å². The predicted molar refractivity (Wildman–Crippen MR) is 78.1 cm³/mol. The third-order valence-corrected chi connectivity index (χ3v) is 2.98. The van der Waals surface area contributed by atoms with Crippen molar-refractivity contribution in [3.63, 3.8) is 0 Å². The lowest BCUT2D eigenvalue weighted by molar-refractivity contribution is -0.154. The summed E-state index contributed by atoms with van der Waals surface area (Å²) in [6.45, 7) is 5.79. The first-order valence-corrected chi connectivity index (χ1v) is 6.96. The molecule has 0 aliphatic heterocycles. The monoisotopic (exact) mass is 351 g/mol. The van der Waals surface area contributed by atoms with Gasteiger partial charge in [-0.2, -0.15) is 0 Å². The van der Waals surface area contributed by atoms with Gasteiger partial charge in [0.05, 0.1) is 17.1 Å². The van der Waals surface area contributed by atoms with E-state index in [1.54, 1.807) is 0 Å². The standard InChI is InChI=1S/C13H16BrClFNO2/c1-13(2,3)19-11(18)4-5-17-12-9(14)6-8(16)7-10(12)15/h6-7,17H,4-5H2,1-3H3. The molecule has 1 rings (SSSR count). The van der Waals surface area contributed by atoms with Crippen LogP contribution in [0.3, 0.4) is 0 Å². The highest BCUT2D eigenvalue weighted by Crippen LogP contribution is 2.31. The smallest absolute Gasteiger partial charge is 0.308 e. The number of rotatable bonds is 4. The number of hydrogen-bond donors (Lipinski definition) is 1. The molecule has 0 aromatic heterocycles. The van der Waals surface area contributed by atoms with Gasteiger partial charge in [-0.05, 0) is 48.8 Å². The van der Waals surface area contributed by atoms with Gasteiger partial charge in [-0.25, -0.2) is 4.39 Å². The molecule has 0 heterocycles. The van der Waals surface area contributed by atoms with E-state index in [0.717, 1.165) is 0 Å². The molecule has 0 aliphatic rings. The molecule has 0 atom stereocenters. The Morgan fingerprint density at radius 3 is 2.63 bits per heavy atom. The Kier molecular flexibility index (Phi) is 5.62. The van der Waals surface area contributed by atoms with Gasteiger partial charge in [-0.3, -0.25) is 4.79 Å². The summed E-state index contributed by atoms with van der Waals surface area (Å²) < 4.78 is 18.7. The number of esters is 1. The number of hydrogen-bond acceptors (Lipinski definition) is 3. The molecule has 106 valence electrons. The minimum Gasteiger partial charge on any atom is -0.460 e. The molecular formula is C13H16BrClFNO2. The molecule has 6 heteroatoms. The first-order valence-electron chi connectivity index (χ1n) is 5.79. The van der Waals surface area contributed by atoms with Crippen molar-refractivity contribution < 1.29 is 13.9 Å². The lowest BCUT2D eigenvalue weighted by Gasteiger charge is -2.19. The van der Waals surface area contributed by atoms with Crippen LogP contribution in [0.5, 0.6) is 0 Å².